The molecule has 29 heavy (non-hydrogen) atoms. The number of rotatable bonds is 9. The van der Waals surface area contributed by atoms with E-state index in [1.165, 1.54) is 4.90 Å². The maximum Gasteiger partial charge on any atom is 0.322 e. The van der Waals surface area contributed by atoms with Crippen LogP contribution in [0.15, 0.2) is 42.6 Å². The van der Waals surface area contributed by atoms with Gasteiger partial charge in [0.15, 0.2) is 0 Å². The number of hydrogen-bond donors (Lipinski definition) is 1. The predicted octanol–water partition coefficient (Wildman–Crippen LogP) is 3.01. The van der Waals surface area contributed by atoms with E-state index in [2.05, 4.69) is 5.32 Å². The molecule has 1 aliphatic carbocycles. The number of nitrogens with zero attached hydrogens (tertiary/aromatic N) is 3. The Kier molecular flexibility index (Phi) is 6.93. The third kappa shape index (κ3) is 5.84. The number of ether oxygens (including phenoxy) is 1. The molecule has 1 aliphatic rings. The van der Waals surface area contributed by atoms with Gasteiger partial charge in [-0.2, -0.15) is 0 Å². The SMILES string of the molecule is COCCN(CC(=O)N(Cc1cccn1C)C1CC1)C(=O)Nc1cccc(C)c1. The van der Waals surface area contributed by atoms with E-state index >= 15 is 0 Å². The van der Waals surface area contributed by atoms with Crippen LogP contribution in [0.3, 0.4) is 0 Å². The molecule has 0 saturated heterocycles. The fraction of sp³-hybridized carbons (Fsp3) is 0.455. The highest BCUT2D eigenvalue weighted by Crippen LogP contribution is 2.28. The number of carbonyl (C=O) groups excluding carboxylic acids is 2. The van der Waals surface area contributed by atoms with E-state index in [0.29, 0.717) is 25.4 Å². The topological polar surface area (TPSA) is 66.8 Å². The van der Waals surface area contributed by atoms with Gasteiger partial charge in [-0.1, -0.05) is 12.1 Å². The van der Waals surface area contributed by atoms with Crippen LogP contribution >= 0.6 is 0 Å². The van der Waals surface area contributed by atoms with Crippen molar-refractivity contribution in [3.63, 3.8) is 0 Å². The molecule has 1 saturated carbocycles. The lowest BCUT2D eigenvalue weighted by atomic mass is 10.2. The van der Waals surface area contributed by atoms with Crippen molar-refractivity contribution in [3.05, 3.63) is 53.9 Å². The van der Waals surface area contributed by atoms with Gasteiger partial charge in [0.05, 0.1) is 13.2 Å². The number of anilines is 1. The summed E-state index contributed by atoms with van der Waals surface area (Å²) in [5, 5.41) is 2.89. The molecule has 1 aromatic carbocycles. The monoisotopic (exact) mass is 398 g/mol. The Bertz CT molecular complexity index is 844. The van der Waals surface area contributed by atoms with Gasteiger partial charge in [-0.15, -0.1) is 0 Å². The second-order valence-corrected chi connectivity index (χ2v) is 7.58. The van der Waals surface area contributed by atoms with E-state index in [4.69, 9.17) is 4.74 Å². The standard InChI is InChI=1S/C22H30N4O3/c1-17-6-4-7-18(14-17)23-22(28)25(12-13-29-3)16-21(27)26(19-9-10-19)15-20-8-5-11-24(20)2/h4-8,11,14,19H,9-10,12-13,15-16H2,1-3H3,(H,23,28). The second-order valence-electron chi connectivity index (χ2n) is 7.58. The Balaban J connectivity index is 1.67. The normalized spacial score (nSPS) is 13.2. The van der Waals surface area contributed by atoms with E-state index in [-0.39, 0.29) is 24.5 Å². The molecule has 1 aromatic heterocycles. The molecule has 3 amide bonds. The minimum absolute atomic E-state index is 0.0297. The molecule has 0 atom stereocenters. The molecule has 0 radical (unpaired) electrons. The first-order valence-electron chi connectivity index (χ1n) is 9.99. The molecule has 7 heteroatoms. The van der Waals surface area contributed by atoms with E-state index in [0.717, 1.165) is 24.1 Å². The summed E-state index contributed by atoms with van der Waals surface area (Å²) in [6.45, 7) is 3.28. The second kappa shape index (κ2) is 9.60. The van der Waals surface area contributed by atoms with Crippen molar-refractivity contribution < 1.29 is 14.3 Å². The van der Waals surface area contributed by atoms with Crippen molar-refractivity contribution in [2.24, 2.45) is 7.05 Å². The highest BCUT2D eigenvalue weighted by atomic mass is 16.5. The highest BCUT2D eigenvalue weighted by Gasteiger charge is 2.34. The summed E-state index contributed by atoms with van der Waals surface area (Å²) in [7, 11) is 3.56. The zero-order valence-electron chi connectivity index (χ0n) is 17.4. The van der Waals surface area contributed by atoms with Crippen molar-refractivity contribution in [1.82, 2.24) is 14.4 Å². The third-order valence-electron chi connectivity index (χ3n) is 5.14. The van der Waals surface area contributed by atoms with E-state index in [9.17, 15) is 9.59 Å². The minimum Gasteiger partial charge on any atom is -0.383 e. The molecular weight excluding hydrogens is 368 g/mol. The van der Waals surface area contributed by atoms with Crippen LogP contribution in [0, 0.1) is 6.92 Å². The summed E-state index contributed by atoms with van der Waals surface area (Å²) < 4.78 is 7.17. The van der Waals surface area contributed by atoms with Crippen molar-refractivity contribution in [2.45, 2.75) is 32.4 Å². The Morgan fingerprint density at radius 1 is 1.24 bits per heavy atom. The average Bonchev–Trinajstić information content (AvgIpc) is 3.45. The van der Waals surface area contributed by atoms with E-state index in [1.54, 1.807) is 7.11 Å². The van der Waals surface area contributed by atoms with Crippen LogP contribution in [0.5, 0.6) is 0 Å². The maximum absolute atomic E-state index is 13.1. The average molecular weight is 399 g/mol. The van der Waals surface area contributed by atoms with Crippen molar-refractivity contribution in [2.75, 3.05) is 32.1 Å². The molecule has 3 rings (SSSR count). The number of aryl methyl sites for hydroxylation is 2. The predicted molar refractivity (Wildman–Crippen MR) is 113 cm³/mol. The van der Waals surface area contributed by atoms with Gasteiger partial charge in [0.25, 0.3) is 0 Å². The van der Waals surface area contributed by atoms with Crippen LogP contribution in [-0.2, 0) is 23.1 Å². The number of nitrogens with one attached hydrogen (secondary N) is 1. The lowest BCUT2D eigenvalue weighted by Crippen LogP contribution is -2.46. The first-order valence-corrected chi connectivity index (χ1v) is 9.99. The molecule has 0 bridgehead atoms. The Morgan fingerprint density at radius 2 is 2.03 bits per heavy atom. The van der Waals surface area contributed by atoms with Crippen LogP contribution < -0.4 is 5.32 Å². The number of aromatic nitrogens is 1. The quantitative estimate of drug-likeness (QED) is 0.706. The lowest BCUT2D eigenvalue weighted by Gasteiger charge is -2.28. The smallest absolute Gasteiger partial charge is 0.322 e. The van der Waals surface area contributed by atoms with Crippen LogP contribution in [0.4, 0.5) is 10.5 Å². The molecule has 1 N–H and O–H groups in total. The number of hydrogen-bond acceptors (Lipinski definition) is 3. The van der Waals surface area contributed by atoms with Crippen molar-refractivity contribution in [3.8, 4) is 0 Å². The van der Waals surface area contributed by atoms with Crippen LogP contribution in [0.1, 0.15) is 24.1 Å². The summed E-state index contributed by atoms with van der Waals surface area (Å²) in [4.78, 5) is 29.4. The molecule has 7 nitrogen and oxygen atoms in total. The molecule has 156 valence electrons. The van der Waals surface area contributed by atoms with Crippen molar-refractivity contribution >= 4 is 17.6 Å². The summed E-state index contributed by atoms with van der Waals surface area (Å²) >= 11 is 0. The third-order valence-corrected chi connectivity index (χ3v) is 5.14. The molecule has 0 aliphatic heterocycles. The summed E-state index contributed by atoms with van der Waals surface area (Å²) in [5.41, 5.74) is 2.86. The van der Waals surface area contributed by atoms with Crippen LogP contribution in [0.25, 0.3) is 0 Å². The largest absolute Gasteiger partial charge is 0.383 e. The van der Waals surface area contributed by atoms with Gasteiger partial charge in [0.2, 0.25) is 5.91 Å². The minimum atomic E-state index is -0.296. The van der Waals surface area contributed by atoms with Gasteiger partial charge < -0.3 is 24.4 Å². The molecule has 0 spiro atoms. The van der Waals surface area contributed by atoms with E-state index < -0.39 is 0 Å². The zero-order valence-corrected chi connectivity index (χ0v) is 17.4. The first kappa shape index (κ1) is 20.9. The van der Waals surface area contributed by atoms with Crippen LogP contribution in [0.2, 0.25) is 0 Å². The summed E-state index contributed by atoms with van der Waals surface area (Å²) in [5.74, 6) is -0.0378. The van der Waals surface area contributed by atoms with Crippen LogP contribution in [-0.4, -0.2) is 59.2 Å². The number of amides is 3. The van der Waals surface area contributed by atoms with Gasteiger partial charge in [0, 0.05) is 44.3 Å². The van der Waals surface area contributed by atoms with Gasteiger partial charge in [-0.25, -0.2) is 4.79 Å². The fourth-order valence-electron chi connectivity index (χ4n) is 3.28. The highest BCUT2D eigenvalue weighted by molar-refractivity contribution is 5.92. The number of carbonyl (C=O) groups is 2. The molecule has 1 fully saturated rings. The van der Waals surface area contributed by atoms with E-state index in [1.807, 2.05) is 66.0 Å². The van der Waals surface area contributed by atoms with Gasteiger partial charge in [-0.05, 0) is 49.6 Å². The fourth-order valence-corrected chi connectivity index (χ4v) is 3.28. The Morgan fingerprint density at radius 3 is 2.66 bits per heavy atom. The summed E-state index contributed by atoms with van der Waals surface area (Å²) in [6, 6.07) is 11.6. The summed E-state index contributed by atoms with van der Waals surface area (Å²) in [6.07, 6.45) is 4.01. The molecule has 2 aromatic rings. The molecule has 0 unspecified atom stereocenters. The maximum atomic E-state index is 13.1. The van der Waals surface area contributed by atoms with Gasteiger partial charge >= 0.3 is 6.03 Å². The number of methoxy groups -OCH3 is 1. The first-order chi connectivity index (χ1) is 14.0. The molecular formula is C22H30N4O3. The molecule has 1 heterocycles. The number of urea groups is 1. The number of benzene rings is 1. The van der Waals surface area contributed by atoms with Gasteiger partial charge in [-0.3, -0.25) is 4.79 Å². The van der Waals surface area contributed by atoms with Gasteiger partial charge in [0.1, 0.15) is 6.54 Å². The Hall–Kier alpha value is -2.80. The lowest BCUT2D eigenvalue weighted by molar-refractivity contribution is -0.133. The Labute approximate surface area is 172 Å². The van der Waals surface area contributed by atoms with Crippen molar-refractivity contribution in [1.29, 1.82) is 0 Å². The zero-order chi connectivity index (χ0) is 20.8.